The van der Waals surface area contributed by atoms with Crippen LogP contribution in [0.1, 0.15) is 27.0 Å². The molecule has 1 aromatic heterocycles. The molecule has 1 heterocycles. The minimum atomic E-state index is -0.419. The number of amides is 1. The molecule has 4 nitrogen and oxygen atoms in total. The standard InChI is InChI=1S/C19H16BrNO3/c1-11-7-12(2)18-13(9-17(22)24-16(18)8-11)10-21-19(23)14-5-3-4-6-15(14)20/h3-9H,10H2,1-2H3,(H,21,23). The fourth-order valence-electron chi connectivity index (χ4n) is 2.83. The van der Waals surface area contributed by atoms with Gasteiger partial charge in [-0.05, 0) is 64.7 Å². The SMILES string of the molecule is Cc1cc(C)c2c(CNC(=O)c3ccccc3Br)cc(=O)oc2c1. The number of hydrogen-bond donors (Lipinski definition) is 1. The Kier molecular flexibility index (Phi) is 4.53. The second kappa shape index (κ2) is 6.61. The lowest BCUT2D eigenvalue weighted by molar-refractivity contribution is 0.0950. The average Bonchev–Trinajstić information content (AvgIpc) is 2.51. The molecule has 2 aromatic carbocycles. The zero-order chi connectivity index (χ0) is 17.3. The molecular weight excluding hydrogens is 370 g/mol. The largest absolute Gasteiger partial charge is 0.423 e. The van der Waals surface area contributed by atoms with Crippen molar-refractivity contribution in [3.8, 4) is 0 Å². The summed E-state index contributed by atoms with van der Waals surface area (Å²) in [4.78, 5) is 24.2. The summed E-state index contributed by atoms with van der Waals surface area (Å²) in [5.41, 5.74) is 3.47. The molecule has 24 heavy (non-hydrogen) atoms. The smallest absolute Gasteiger partial charge is 0.336 e. The van der Waals surface area contributed by atoms with Gasteiger partial charge in [0.2, 0.25) is 0 Å². The van der Waals surface area contributed by atoms with E-state index >= 15 is 0 Å². The number of aryl methyl sites for hydroxylation is 2. The molecule has 0 unspecified atom stereocenters. The monoisotopic (exact) mass is 385 g/mol. The third-order valence-electron chi connectivity index (χ3n) is 3.83. The van der Waals surface area contributed by atoms with Gasteiger partial charge in [-0.3, -0.25) is 4.79 Å². The first-order valence-electron chi connectivity index (χ1n) is 7.52. The summed E-state index contributed by atoms with van der Waals surface area (Å²) in [5, 5.41) is 3.74. The highest BCUT2D eigenvalue weighted by Gasteiger charge is 2.12. The van der Waals surface area contributed by atoms with E-state index in [-0.39, 0.29) is 12.5 Å². The zero-order valence-electron chi connectivity index (χ0n) is 13.4. The zero-order valence-corrected chi connectivity index (χ0v) is 14.9. The second-order valence-corrected chi connectivity index (χ2v) is 6.56. The third kappa shape index (κ3) is 3.26. The summed E-state index contributed by atoms with van der Waals surface area (Å²) in [6, 6.07) is 12.5. The van der Waals surface area contributed by atoms with Gasteiger partial charge in [0.15, 0.2) is 0 Å². The number of benzene rings is 2. The number of hydrogen-bond acceptors (Lipinski definition) is 3. The second-order valence-electron chi connectivity index (χ2n) is 5.71. The van der Waals surface area contributed by atoms with E-state index in [1.165, 1.54) is 6.07 Å². The number of fused-ring (bicyclic) bond motifs is 1. The van der Waals surface area contributed by atoms with Crippen molar-refractivity contribution in [3.05, 3.63) is 79.6 Å². The van der Waals surface area contributed by atoms with Crippen molar-refractivity contribution < 1.29 is 9.21 Å². The van der Waals surface area contributed by atoms with E-state index in [0.717, 1.165) is 26.5 Å². The van der Waals surface area contributed by atoms with E-state index in [1.807, 2.05) is 38.1 Å². The van der Waals surface area contributed by atoms with Crippen molar-refractivity contribution in [2.75, 3.05) is 0 Å². The van der Waals surface area contributed by atoms with Crippen LogP contribution >= 0.6 is 15.9 Å². The maximum Gasteiger partial charge on any atom is 0.336 e. The summed E-state index contributed by atoms with van der Waals surface area (Å²) in [6.45, 7) is 4.18. The predicted molar refractivity (Wildman–Crippen MR) is 97.3 cm³/mol. The highest BCUT2D eigenvalue weighted by atomic mass is 79.9. The van der Waals surface area contributed by atoms with Crippen LogP contribution in [0.2, 0.25) is 0 Å². The lowest BCUT2D eigenvalue weighted by atomic mass is 10.0. The Morgan fingerprint density at radius 3 is 2.67 bits per heavy atom. The molecule has 0 saturated heterocycles. The molecule has 0 aliphatic carbocycles. The Labute approximate surface area is 147 Å². The van der Waals surface area contributed by atoms with Crippen molar-refractivity contribution in [3.63, 3.8) is 0 Å². The summed E-state index contributed by atoms with van der Waals surface area (Å²) < 4.78 is 6.03. The third-order valence-corrected chi connectivity index (χ3v) is 4.52. The quantitative estimate of drug-likeness (QED) is 0.690. The maximum atomic E-state index is 12.4. The molecule has 122 valence electrons. The molecule has 0 spiro atoms. The molecular formula is C19H16BrNO3. The van der Waals surface area contributed by atoms with Crippen LogP contribution in [0.3, 0.4) is 0 Å². The van der Waals surface area contributed by atoms with Crippen molar-refractivity contribution in [1.82, 2.24) is 5.32 Å². The first kappa shape index (κ1) is 16.5. The van der Waals surface area contributed by atoms with Gasteiger partial charge in [-0.15, -0.1) is 0 Å². The number of nitrogens with one attached hydrogen (secondary N) is 1. The summed E-state index contributed by atoms with van der Waals surface area (Å²) in [7, 11) is 0. The highest BCUT2D eigenvalue weighted by Crippen LogP contribution is 2.23. The Morgan fingerprint density at radius 1 is 1.17 bits per heavy atom. The topological polar surface area (TPSA) is 59.3 Å². The fraction of sp³-hybridized carbons (Fsp3) is 0.158. The van der Waals surface area contributed by atoms with Crippen LogP contribution in [-0.4, -0.2) is 5.91 Å². The van der Waals surface area contributed by atoms with Gasteiger partial charge in [0, 0.05) is 22.5 Å². The summed E-state index contributed by atoms with van der Waals surface area (Å²) in [6.07, 6.45) is 0. The van der Waals surface area contributed by atoms with Gasteiger partial charge < -0.3 is 9.73 Å². The number of carbonyl (C=O) groups excluding carboxylic acids is 1. The van der Waals surface area contributed by atoms with Gasteiger partial charge in [0.05, 0.1) is 5.56 Å². The molecule has 0 fully saturated rings. The van der Waals surface area contributed by atoms with Gasteiger partial charge in [-0.2, -0.15) is 0 Å². The molecule has 0 atom stereocenters. The molecule has 3 aromatic rings. The van der Waals surface area contributed by atoms with Crippen molar-refractivity contribution in [2.45, 2.75) is 20.4 Å². The molecule has 0 saturated carbocycles. The van der Waals surface area contributed by atoms with Gasteiger partial charge >= 0.3 is 5.63 Å². The van der Waals surface area contributed by atoms with E-state index < -0.39 is 5.63 Å². The average molecular weight is 386 g/mol. The van der Waals surface area contributed by atoms with E-state index in [1.54, 1.807) is 12.1 Å². The lowest BCUT2D eigenvalue weighted by Gasteiger charge is -2.11. The normalized spacial score (nSPS) is 10.8. The Balaban J connectivity index is 1.95. The molecule has 0 radical (unpaired) electrons. The van der Waals surface area contributed by atoms with Crippen LogP contribution in [0, 0.1) is 13.8 Å². The van der Waals surface area contributed by atoms with E-state index in [2.05, 4.69) is 21.2 Å². The Hall–Kier alpha value is -2.40. The minimum absolute atomic E-state index is 0.200. The number of carbonyl (C=O) groups is 1. The Bertz CT molecular complexity index is 992. The highest BCUT2D eigenvalue weighted by molar-refractivity contribution is 9.10. The molecule has 1 amide bonds. The summed E-state index contributed by atoms with van der Waals surface area (Å²) >= 11 is 3.37. The Morgan fingerprint density at radius 2 is 1.92 bits per heavy atom. The molecule has 5 heteroatoms. The van der Waals surface area contributed by atoms with Crippen LogP contribution in [0.4, 0.5) is 0 Å². The molecule has 0 bridgehead atoms. The molecule has 3 rings (SSSR count). The van der Waals surface area contributed by atoms with Gasteiger partial charge in [-0.1, -0.05) is 18.2 Å². The fourth-order valence-corrected chi connectivity index (χ4v) is 3.29. The van der Waals surface area contributed by atoms with Crippen LogP contribution in [0.5, 0.6) is 0 Å². The van der Waals surface area contributed by atoms with Crippen molar-refractivity contribution in [2.24, 2.45) is 0 Å². The lowest BCUT2D eigenvalue weighted by Crippen LogP contribution is -2.24. The molecule has 1 N–H and O–H groups in total. The first-order valence-corrected chi connectivity index (χ1v) is 8.31. The van der Waals surface area contributed by atoms with Crippen molar-refractivity contribution >= 4 is 32.8 Å². The maximum absolute atomic E-state index is 12.4. The van der Waals surface area contributed by atoms with Crippen LogP contribution < -0.4 is 10.9 Å². The van der Waals surface area contributed by atoms with Gasteiger partial charge in [0.25, 0.3) is 5.91 Å². The van der Waals surface area contributed by atoms with Crippen LogP contribution in [-0.2, 0) is 6.54 Å². The first-order chi connectivity index (χ1) is 11.5. The van der Waals surface area contributed by atoms with Crippen LogP contribution in [0.25, 0.3) is 11.0 Å². The summed E-state index contributed by atoms with van der Waals surface area (Å²) in [5.74, 6) is -0.200. The van der Waals surface area contributed by atoms with Crippen molar-refractivity contribution in [1.29, 1.82) is 0 Å². The molecule has 0 aliphatic rings. The van der Waals surface area contributed by atoms with E-state index in [4.69, 9.17) is 4.42 Å². The molecule has 0 aliphatic heterocycles. The number of rotatable bonds is 3. The minimum Gasteiger partial charge on any atom is -0.423 e. The van der Waals surface area contributed by atoms with Gasteiger partial charge in [0.1, 0.15) is 5.58 Å². The van der Waals surface area contributed by atoms with E-state index in [0.29, 0.717) is 11.1 Å². The van der Waals surface area contributed by atoms with E-state index in [9.17, 15) is 9.59 Å². The van der Waals surface area contributed by atoms with Gasteiger partial charge in [-0.25, -0.2) is 4.79 Å². The predicted octanol–water partition coefficient (Wildman–Crippen LogP) is 4.10. The van der Waals surface area contributed by atoms with Crippen LogP contribution in [0.15, 0.2) is 56.1 Å². The number of halogens is 1.